The number of nitrogens with zero attached hydrogens (tertiary/aromatic N) is 1. The third-order valence-corrected chi connectivity index (χ3v) is 4.46. The number of amides is 1. The standard InChI is InChI=1S/C18H19ClN2O4/c1-2-20-17(23)15-16(22)13-10-25-8-7-14(13)21(18(15)24)9-11-3-5-12(19)6-4-11/h3-6,22H,2,7-10H2,1H3,(H,20,23). The largest absolute Gasteiger partial charge is 0.506 e. The monoisotopic (exact) mass is 362 g/mol. The Morgan fingerprint density at radius 2 is 2.08 bits per heavy atom. The number of pyridine rings is 1. The molecule has 1 aliphatic heterocycles. The lowest BCUT2D eigenvalue weighted by Gasteiger charge is -2.24. The first kappa shape index (κ1) is 17.5. The van der Waals surface area contributed by atoms with Crippen LogP contribution in [0.2, 0.25) is 5.02 Å². The maximum Gasteiger partial charge on any atom is 0.267 e. The van der Waals surface area contributed by atoms with Crippen LogP contribution in [-0.4, -0.2) is 28.7 Å². The molecule has 0 atom stereocenters. The fraction of sp³-hybridized carbons (Fsp3) is 0.333. The first-order valence-corrected chi connectivity index (χ1v) is 8.48. The lowest BCUT2D eigenvalue weighted by Crippen LogP contribution is -2.37. The van der Waals surface area contributed by atoms with E-state index in [1.54, 1.807) is 23.6 Å². The summed E-state index contributed by atoms with van der Waals surface area (Å²) < 4.78 is 6.95. The Balaban J connectivity index is 2.15. The number of hydrogen-bond acceptors (Lipinski definition) is 4. The van der Waals surface area contributed by atoms with Gasteiger partial charge in [-0.1, -0.05) is 23.7 Å². The van der Waals surface area contributed by atoms with Crippen molar-refractivity contribution in [3.8, 4) is 5.75 Å². The zero-order chi connectivity index (χ0) is 18.0. The van der Waals surface area contributed by atoms with Crippen molar-refractivity contribution >= 4 is 17.5 Å². The van der Waals surface area contributed by atoms with Crippen molar-refractivity contribution < 1.29 is 14.6 Å². The Labute approximate surface area is 150 Å². The number of ether oxygens (including phenoxy) is 1. The maximum atomic E-state index is 12.9. The van der Waals surface area contributed by atoms with Crippen molar-refractivity contribution in [2.24, 2.45) is 0 Å². The number of benzene rings is 1. The second kappa shape index (κ2) is 7.29. The summed E-state index contributed by atoms with van der Waals surface area (Å²) in [6, 6.07) is 7.17. The Hall–Kier alpha value is -2.31. The van der Waals surface area contributed by atoms with Crippen LogP contribution in [-0.2, 0) is 24.3 Å². The Morgan fingerprint density at radius 3 is 2.76 bits per heavy atom. The smallest absolute Gasteiger partial charge is 0.267 e. The van der Waals surface area contributed by atoms with Gasteiger partial charge in [-0.2, -0.15) is 0 Å². The van der Waals surface area contributed by atoms with E-state index in [2.05, 4.69) is 5.32 Å². The third kappa shape index (κ3) is 3.41. The summed E-state index contributed by atoms with van der Waals surface area (Å²) in [4.78, 5) is 25.2. The molecule has 0 saturated heterocycles. The van der Waals surface area contributed by atoms with E-state index in [-0.39, 0.29) is 17.9 Å². The van der Waals surface area contributed by atoms with Crippen molar-refractivity contribution in [2.75, 3.05) is 13.2 Å². The molecular weight excluding hydrogens is 344 g/mol. The molecular formula is C18H19ClN2O4. The van der Waals surface area contributed by atoms with Gasteiger partial charge in [0.1, 0.15) is 11.3 Å². The molecule has 1 aliphatic rings. The molecule has 2 heterocycles. The second-order valence-electron chi connectivity index (χ2n) is 5.83. The average molecular weight is 363 g/mol. The van der Waals surface area contributed by atoms with Gasteiger partial charge in [0.2, 0.25) is 0 Å². The molecule has 0 unspecified atom stereocenters. The van der Waals surface area contributed by atoms with Crippen molar-refractivity contribution in [1.29, 1.82) is 0 Å². The molecule has 6 nitrogen and oxygen atoms in total. The lowest BCUT2D eigenvalue weighted by atomic mass is 10.0. The summed E-state index contributed by atoms with van der Waals surface area (Å²) in [6.45, 7) is 3.05. The van der Waals surface area contributed by atoms with Crippen molar-refractivity contribution in [3.05, 3.63) is 62.0 Å². The highest BCUT2D eigenvalue weighted by Gasteiger charge is 2.27. The summed E-state index contributed by atoms with van der Waals surface area (Å²) in [5.74, 6) is -0.860. The van der Waals surface area contributed by atoms with Crippen LogP contribution in [0.4, 0.5) is 0 Å². The summed E-state index contributed by atoms with van der Waals surface area (Å²) in [7, 11) is 0. The Morgan fingerprint density at radius 1 is 1.36 bits per heavy atom. The van der Waals surface area contributed by atoms with Gasteiger partial charge in [0, 0.05) is 29.2 Å². The van der Waals surface area contributed by atoms with E-state index in [1.807, 2.05) is 12.1 Å². The molecule has 25 heavy (non-hydrogen) atoms. The number of carbonyl (C=O) groups is 1. The molecule has 0 saturated carbocycles. The lowest BCUT2D eigenvalue weighted by molar-refractivity contribution is 0.0940. The van der Waals surface area contributed by atoms with Crippen molar-refractivity contribution in [1.82, 2.24) is 9.88 Å². The van der Waals surface area contributed by atoms with E-state index in [9.17, 15) is 14.7 Å². The highest BCUT2D eigenvalue weighted by molar-refractivity contribution is 6.30. The van der Waals surface area contributed by atoms with Crippen LogP contribution in [0.3, 0.4) is 0 Å². The molecule has 0 fully saturated rings. The average Bonchev–Trinajstić information content (AvgIpc) is 2.60. The van der Waals surface area contributed by atoms with E-state index in [4.69, 9.17) is 16.3 Å². The Bertz CT molecular complexity index is 859. The number of nitrogens with one attached hydrogen (secondary N) is 1. The fourth-order valence-corrected chi connectivity index (χ4v) is 3.11. The van der Waals surface area contributed by atoms with E-state index in [0.717, 1.165) is 5.56 Å². The predicted molar refractivity (Wildman–Crippen MR) is 94.3 cm³/mol. The summed E-state index contributed by atoms with van der Waals surface area (Å²) in [6.07, 6.45) is 0.501. The summed E-state index contributed by atoms with van der Waals surface area (Å²) in [5.41, 5.74) is 1.35. The fourth-order valence-electron chi connectivity index (χ4n) is 2.98. The first-order chi connectivity index (χ1) is 12.0. The minimum Gasteiger partial charge on any atom is -0.506 e. The van der Waals surface area contributed by atoms with Gasteiger partial charge in [-0.25, -0.2) is 0 Å². The second-order valence-corrected chi connectivity index (χ2v) is 6.27. The zero-order valence-corrected chi connectivity index (χ0v) is 14.6. The number of hydrogen-bond donors (Lipinski definition) is 2. The predicted octanol–water partition coefficient (Wildman–Crippen LogP) is 2.08. The van der Waals surface area contributed by atoms with Gasteiger partial charge in [0.15, 0.2) is 0 Å². The number of halogens is 1. The topological polar surface area (TPSA) is 80.6 Å². The van der Waals surface area contributed by atoms with E-state index in [1.165, 1.54) is 0 Å². The van der Waals surface area contributed by atoms with E-state index in [0.29, 0.717) is 42.4 Å². The molecule has 2 aromatic rings. The van der Waals surface area contributed by atoms with Crippen LogP contribution in [0, 0.1) is 0 Å². The van der Waals surface area contributed by atoms with E-state index < -0.39 is 11.5 Å². The molecule has 0 bridgehead atoms. The number of aromatic hydroxyl groups is 1. The number of fused-ring (bicyclic) bond motifs is 1. The summed E-state index contributed by atoms with van der Waals surface area (Å²) >= 11 is 5.91. The number of aromatic nitrogens is 1. The van der Waals surface area contributed by atoms with Crippen LogP contribution in [0.5, 0.6) is 5.75 Å². The zero-order valence-electron chi connectivity index (χ0n) is 13.8. The van der Waals surface area contributed by atoms with Crippen molar-refractivity contribution in [3.63, 3.8) is 0 Å². The van der Waals surface area contributed by atoms with Gasteiger partial charge >= 0.3 is 0 Å². The molecule has 1 amide bonds. The van der Waals surface area contributed by atoms with Gasteiger partial charge in [0.25, 0.3) is 11.5 Å². The molecule has 2 N–H and O–H groups in total. The van der Waals surface area contributed by atoms with Gasteiger partial charge < -0.3 is 19.7 Å². The number of carbonyl (C=O) groups excluding carboxylic acids is 1. The molecule has 3 rings (SSSR count). The molecule has 132 valence electrons. The minimum absolute atomic E-state index is 0.175. The van der Waals surface area contributed by atoms with Gasteiger partial charge in [-0.3, -0.25) is 9.59 Å². The highest BCUT2D eigenvalue weighted by atomic mass is 35.5. The van der Waals surface area contributed by atoms with Crippen LogP contribution in [0.1, 0.15) is 34.1 Å². The highest BCUT2D eigenvalue weighted by Crippen LogP contribution is 2.28. The maximum absolute atomic E-state index is 12.9. The minimum atomic E-state index is -0.580. The Kier molecular flexibility index (Phi) is 5.11. The molecule has 1 aromatic carbocycles. The van der Waals surface area contributed by atoms with Crippen LogP contribution >= 0.6 is 11.6 Å². The SMILES string of the molecule is CCNC(=O)c1c(O)c2c(n(Cc3ccc(Cl)cc3)c1=O)CCOC2. The molecule has 0 aliphatic carbocycles. The quantitative estimate of drug-likeness (QED) is 0.872. The van der Waals surface area contributed by atoms with Crippen LogP contribution in [0.25, 0.3) is 0 Å². The van der Waals surface area contributed by atoms with Gasteiger partial charge in [-0.15, -0.1) is 0 Å². The van der Waals surface area contributed by atoms with Crippen LogP contribution in [0.15, 0.2) is 29.1 Å². The third-order valence-electron chi connectivity index (χ3n) is 4.20. The van der Waals surface area contributed by atoms with Gasteiger partial charge in [-0.05, 0) is 24.6 Å². The molecule has 0 radical (unpaired) electrons. The van der Waals surface area contributed by atoms with Crippen molar-refractivity contribution in [2.45, 2.75) is 26.5 Å². The van der Waals surface area contributed by atoms with Crippen LogP contribution < -0.4 is 10.9 Å². The number of rotatable bonds is 4. The summed E-state index contributed by atoms with van der Waals surface area (Å²) in [5, 5.41) is 13.7. The molecule has 0 spiro atoms. The molecule has 7 heteroatoms. The first-order valence-electron chi connectivity index (χ1n) is 8.10. The van der Waals surface area contributed by atoms with Gasteiger partial charge in [0.05, 0.1) is 19.8 Å². The van der Waals surface area contributed by atoms with E-state index >= 15 is 0 Å². The molecule has 1 aromatic heterocycles. The normalized spacial score (nSPS) is 13.4.